The van der Waals surface area contributed by atoms with E-state index in [0.717, 1.165) is 41.7 Å². The number of aromatic amines is 1. The molecule has 0 spiro atoms. The fourth-order valence-corrected chi connectivity index (χ4v) is 4.35. The van der Waals surface area contributed by atoms with Gasteiger partial charge in [0, 0.05) is 44.7 Å². The zero-order valence-corrected chi connectivity index (χ0v) is 16.8. The molecule has 3 aromatic heterocycles. The van der Waals surface area contributed by atoms with E-state index in [1.54, 1.807) is 19.6 Å². The smallest absolute Gasteiger partial charge is 0.219 e. The van der Waals surface area contributed by atoms with Gasteiger partial charge in [-0.25, -0.2) is 15.0 Å². The number of pyridine rings is 1. The van der Waals surface area contributed by atoms with E-state index in [4.69, 9.17) is 0 Å². The maximum atomic E-state index is 12.2. The number of imidazole rings is 1. The fourth-order valence-electron chi connectivity index (χ4n) is 4.35. The molecular formula is C22H23N7O. The molecule has 30 heavy (non-hydrogen) atoms. The summed E-state index contributed by atoms with van der Waals surface area (Å²) in [5.41, 5.74) is 3.72. The number of H-pyrrole nitrogens is 1. The monoisotopic (exact) mass is 401 g/mol. The van der Waals surface area contributed by atoms with Crippen molar-refractivity contribution < 1.29 is 4.79 Å². The first-order valence-corrected chi connectivity index (χ1v) is 10.2. The van der Waals surface area contributed by atoms with Crippen molar-refractivity contribution in [2.75, 3.05) is 31.1 Å². The van der Waals surface area contributed by atoms with Crippen molar-refractivity contribution in [1.29, 1.82) is 0 Å². The van der Waals surface area contributed by atoms with Crippen LogP contribution in [0.1, 0.15) is 12.5 Å². The van der Waals surface area contributed by atoms with E-state index in [-0.39, 0.29) is 11.8 Å². The van der Waals surface area contributed by atoms with Crippen LogP contribution in [0.2, 0.25) is 0 Å². The van der Waals surface area contributed by atoms with E-state index in [9.17, 15) is 4.79 Å². The number of carbonyl (C=O) groups excluding carboxylic acids is 1. The highest BCUT2D eigenvalue weighted by Crippen LogP contribution is 2.26. The van der Waals surface area contributed by atoms with Crippen LogP contribution in [-0.4, -0.2) is 61.9 Å². The average molecular weight is 401 g/mol. The average Bonchev–Trinajstić information content (AvgIpc) is 3.14. The van der Waals surface area contributed by atoms with E-state index in [2.05, 4.69) is 54.1 Å². The van der Waals surface area contributed by atoms with Gasteiger partial charge < -0.3 is 14.8 Å². The molecule has 1 unspecified atom stereocenters. The lowest BCUT2D eigenvalue weighted by Gasteiger charge is -2.25. The minimum Gasteiger partial charge on any atom is -0.353 e. The summed E-state index contributed by atoms with van der Waals surface area (Å²) in [5.74, 6) is 1.19. The Bertz CT molecular complexity index is 1200. The molecule has 4 heterocycles. The molecule has 1 atom stereocenters. The lowest BCUT2D eigenvalue weighted by atomic mass is 9.96. The first-order valence-electron chi connectivity index (χ1n) is 10.2. The normalized spacial score (nSPS) is 17.4. The Hall–Kier alpha value is -3.55. The number of carbonyl (C=O) groups is 1. The van der Waals surface area contributed by atoms with E-state index >= 15 is 0 Å². The largest absolute Gasteiger partial charge is 0.353 e. The van der Waals surface area contributed by atoms with Gasteiger partial charge in [0.25, 0.3) is 0 Å². The zero-order valence-electron chi connectivity index (χ0n) is 16.8. The minimum atomic E-state index is 0.104. The number of rotatable bonds is 3. The van der Waals surface area contributed by atoms with Crippen LogP contribution < -0.4 is 4.90 Å². The lowest BCUT2D eigenvalue weighted by molar-refractivity contribution is -0.129. The summed E-state index contributed by atoms with van der Waals surface area (Å²) >= 11 is 0. The molecule has 152 valence electrons. The van der Waals surface area contributed by atoms with E-state index in [1.165, 1.54) is 5.56 Å². The van der Waals surface area contributed by atoms with Gasteiger partial charge in [-0.3, -0.25) is 9.78 Å². The summed E-state index contributed by atoms with van der Waals surface area (Å²) in [7, 11) is 0. The second-order valence-corrected chi connectivity index (χ2v) is 7.77. The number of hydrogen-bond donors (Lipinski definition) is 1. The van der Waals surface area contributed by atoms with Crippen LogP contribution in [0.4, 0.5) is 5.82 Å². The highest BCUT2D eigenvalue weighted by molar-refractivity contribution is 5.83. The number of nitrogens with zero attached hydrogens (tertiary/aromatic N) is 6. The molecule has 4 aromatic rings. The molecule has 0 aliphatic carbocycles. The number of para-hydroxylation sites is 1. The van der Waals surface area contributed by atoms with Gasteiger partial charge >= 0.3 is 0 Å². The van der Waals surface area contributed by atoms with Crippen LogP contribution in [0, 0.1) is 5.92 Å². The molecule has 0 bridgehead atoms. The Morgan fingerprint density at radius 3 is 2.90 bits per heavy atom. The van der Waals surface area contributed by atoms with Crippen molar-refractivity contribution in [2.45, 2.75) is 13.3 Å². The van der Waals surface area contributed by atoms with Gasteiger partial charge in [-0.15, -0.1) is 0 Å². The van der Waals surface area contributed by atoms with E-state index < -0.39 is 0 Å². The van der Waals surface area contributed by atoms with Gasteiger partial charge in [-0.05, 0) is 24.0 Å². The molecule has 1 aliphatic heterocycles. The van der Waals surface area contributed by atoms with Crippen LogP contribution in [-0.2, 0) is 11.2 Å². The second kappa shape index (κ2) is 7.70. The SMILES string of the molecule is CC(=O)N1CCN(c2ncnc3nc[nH]c23)CC(Cc2cccc3cccnc23)C1. The predicted octanol–water partition coefficient (Wildman–Crippen LogP) is 2.43. The molecule has 0 radical (unpaired) electrons. The molecule has 1 saturated heterocycles. The topological polar surface area (TPSA) is 90.9 Å². The Labute approximate surface area is 174 Å². The summed E-state index contributed by atoms with van der Waals surface area (Å²) in [6.45, 7) is 4.53. The third kappa shape index (κ3) is 3.45. The van der Waals surface area contributed by atoms with Crippen LogP contribution >= 0.6 is 0 Å². The predicted molar refractivity (Wildman–Crippen MR) is 115 cm³/mol. The third-order valence-electron chi connectivity index (χ3n) is 5.77. The second-order valence-electron chi connectivity index (χ2n) is 7.77. The number of anilines is 1. The summed E-state index contributed by atoms with van der Waals surface area (Å²) < 4.78 is 0. The molecule has 1 amide bonds. The lowest BCUT2D eigenvalue weighted by Crippen LogP contribution is -2.34. The molecule has 1 N–H and O–H groups in total. The number of fused-ring (bicyclic) bond motifs is 2. The maximum absolute atomic E-state index is 12.2. The Balaban J connectivity index is 1.49. The molecule has 0 saturated carbocycles. The maximum Gasteiger partial charge on any atom is 0.219 e. The fraction of sp³-hybridized carbons (Fsp3) is 0.318. The Morgan fingerprint density at radius 2 is 2.00 bits per heavy atom. The first-order chi connectivity index (χ1) is 14.7. The van der Waals surface area contributed by atoms with Gasteiger partial charge in [-0.1, -0.05) is 24.3 Å². The Kier molecular flexibility index (Phi) is 4.74. The first kappa shape index (κ1) is 18.5. The van der Waals surface area contributed by atoms with Crippen molar-refractivity contribution in [3.8, 4) is 0 Å². The van der Waals surface area contributed by atoms with Crippen molar-refractivity contribution in [1.82, 2.24) is 29.8 Å². The van der Waals surface area contributed by atoms with Crippen molar-refractivity contribution in [3.05, 3.63) is 54.7 Å². The van der Waals surface area contributed by atoms with Crippen LogP contribution in [0.5, 0.6) is 0 Å². The van der Waals surface area contributed by atoms with Crippen LogP contribution in [0.25, 0.3) is 22.1 Å². The van der Waals surface area contributed by atoms with Gasteiger partial charge in [0.2, 0.25) is 5.91 Å². The highest BCUT2D eigenvalue weighted by Gasteiger charge is 2.27. The summed E-state index contributed by atoms with van der Waals surface area (Å²) in [4.78, 5) is 37.2. The molecule has 5 rings (SSSR count). The molecule has 8 nitrogen and oxygen atoms in total. The standard InChI is InChI=1S/C22H23N7O/c1-15(30)28-8-9-29(22-20-21(25-13-24-20)26-14-27-22)12-16(11-28)10-18-5-2-4-17-6-3-7-23-19(17)18/h2-7,13-14,16H,8-12H2,1H3,(H,24,25,26,27). The van der Waals surface area contributed by atoms with E-state index in [1.807, 2.05) is 17.2 Å². The number of amides is 1. The molecule has 1 aliphatic rings. The summed E-state index contributed by atoms with van der Waals surface area (Å²) in [6.07, 6.45) is 5.87. The minimum absolute atomic E-state index is 0.104. The van der Waals surface area contributed by atoms with Gasteiger partial charge in [0.15, 0.2) is 11.5 Å². The Morgan fingerprint density at radius 1 is 1.10 bits per heavy atom. The molecule has 8 heteroatoms. The number of nitrogens with one attached hydrogen (secondary N) is 1. The van der Waals surface area contributed by atoms with Crippen molar-refractivity contribution in [3.63, 3.8) is 0 Å². The summed E-state index contributed by atoms with van der Waals surface area (Å²) in [6, 6.07) is 10.4. The van der Waals surface area contributed by atoms with Gasteiger partial charge in [0.1, 0.15) is 11.8 Å². The quantitative estimate of drug-likeness (QED) is 0.567. The number of hydrogen-bond acceptors (Lipinski definition) is 6. The van der Waals surface area contributed by atoms with Crippen LogP contribution in [0.3, 0.4) is 0 Å². The molecular weight excluding hydrogens is 378 g/mol. The van der Waals surface area contributed by atoms with Crippen LogP contribution in [0.15, 0.2) is 49.2 Å². The zero-order chi connectivity index (χ0) is 20.5. The molecule has 1 fully saturated rings. The highest BCUT2D eigenvalue weighted by atomic mass is 16.2. The van der Waals surface area contributed by atoms with Crippen molar-refractivity contribution >= 4 is 33.8 Å². The third-order valence-corrected chi connectivity index (χ3v) is 5.77. The van der Waals surface area contributed by atoms with Crippen molar-refractivity contribution in [2.24, 2.45) is 5.92 Å². The number of benzene rings is 1. The summed E-state index contributed by atoms with van der Waals surface area (Å²) in [5, 5.41) is 1.14. The van der Waals surface area contributed by atoms with Gasteiger partial charge in [0.05, 0.1) is 11.8 Å². The van der Waals surface area contributed by atoms with E-state index in [0.29, 0.717) is 18.7 Å². The van der Waals surface area contributed by atoms with Gasteiger partial charge in [-0.2, -0.15) is 0 Å². The number of aromatic nitrogens is 5. The molecule has 1 aromatic carbocycles.